The smallest absolute Gasteiger partial charge is 0.141 e. The summed E-state index contributed by atoms with van der Waals surface area (Å²) in [7, 11) is 0. The van der Waals surface area contributed by atoms with Gasteiger partial charge in [-0.2, -0.15) is 0 Å². The molecule has 0 amide bonds. The van der Waals surface area contributed by atoms with Crippen LogP contribution in [0.5, 0.6) is 0 Å². The van der Waals surface area contributed by atoms with E-state index in [-0.39, 0.29) is 10.8 Å². The SMILES string of the molecule is CCCC(C)Cc1ccc(F)c(Cl)c1. The first-order chi connectivity index (χ1) is 6.63. The quantitative estimate of drug-likeness (QED) is 0.694. The first-order valence-electron chi connectivity index (χ1n) is 5.07. The Morgan fingerprint density at radius 1 is 1.43 bits per heavy atom. The monoisotopic (exact) mass is 214 g/mol. The lowest BCUT2D eigenvalue weighted by Crippen LogP contribution is -1.99. The molecule has 78 valence electrons. The van der Waals surface area contributed by atoms with Crippen LogP contribution in [0.1, 0.15) is 32.3 Å². The molecule has 1 atom stereocenters. The zero-order valence-corrected chi connectivity index (χ0v) is 9.44. The second-order valence-electron chi connectivity index (χ2n) is 3.85. The predicted octanol–water partition coefficient (Wildman–Crippen LogP) is 4.46. The summed E-state index contributed by atoms with van der Waals surface area (Å²) in [5.74, 6) is 0.306. The molecule has 1 rings (SSSR count). The Balaban J connectivity index is 2.63. The van der Waals surface area contributed by atoms with Gasteiger partial charge >= 0.3 is 0 Å². The van der Waals surface area contributed by atoms with Crippen molar-refractivity contribution in [1.82, 2.24) is 0 Å². The maximum absolute atomic E-state index is 12.9. The van der Waals surface area contributed by atoms with Crippen molar-refractivity contribution < 1.29 is 4.39 Å². The van der Waals surface area contributed by atoms with Gasteiger partial charge in [0.05, 0.1) is 5.02 Å². The van der Waals surface area contributed by atoms with Crippen LogP contribution in [-0.2, 0) is 6.42 Å². The molecule has 2 heteroatoms. The van der Waals surface area contributed by atoms with Crippen molar-refractivity contribution >= 4 is 11.6 Å². The van der Waals surface area contributed by atoms with Crippen molar-refractivity contribution in [2.24, 2.45) is 5.92 Å². The topological polar surface area (TPSA) is 0 Å². The Bertz CT molecular complexity index is 296. The minimum Gasteiger partial charge on any atom is -0.205 e. The lowest BCUT2D eigenvalue weighted by atomic mass is 9.97. The van der Waals surface area contributed by atoms with Gasteiger partial charge in [0.2, 0.25) is 0 Å². The Kier molecular flexibility index (Phi) is 4.40. The third-order valence-corrected chi connectivity index (χ3v) is 2.64. The van der Waals surface area contributed by atoms with E-state index >= 15 is 0 Å². The number of benzene rings is 1. The van der Waals surface area contributed by atoms with Crippen molar-refractivity contribution in [2.45, 2.75) is 33.1 Å². The number of halogens is 2. The van der Waals surface area contributed by atoms with Gasteiger partial charge in [0.1, 0.15) is 5.82 Å². The first-order valence-corrected chi connectivity index (χ1v) is 5.45. The molecule has 14 heavy (non-hydrogen) atoms. The predicted molar refractivity (Wildman–Crippen MR) is 59.2 cm³/mol. The van der Waals surface area contributed by atoms with Gasteiger partial charge in [-0.05, 0) is 30.0 Å². The van der Waals surface area contributed by atoms with Gasteiger partial charge in [-0.15, -0.1) is 0 Å². The molecule has 1 aromatic carbocycles. The Labute approximate surface area is 90.1 Å². The molecule has 1 unspecified atom stereocenters. The van der Waals surface area contributed by atoms with Crippen LogP contribution >= 0.6 is 11.6 Å². The zero-order chi connectivity index (χ0) is 10.6. The highest BCUT2D eigenvalue weighted by atomic mass is 35.5. The van der Waals surface area contributed by atoms with E-state index in [9.17, 15) is 4.39 Å². The van der Waals surface area contributed by atoms with Crippen LogP contribution in [0.2, 0.25) is 5.02 Å². The van der Waals surface area contributed by atoms with Gasteiger partial charge in [0.15, 0.2) is 0 Å². The van der Waals surface area contributed by atoms with Crippen molar-refractivity contribution in [1.29, 1.82) is 0 Å². The number of hydrogen-bond acceptors (Lipinski definition) is 0. The Morgan fingerprint density at radius 2 is 2.14 bits per heavy atom. The summed E-state index contributed by atoms with van der Waals surface area (Å²) in [6.07, 6.45) is 3.37. The molecule has 0 nitrogen and oxygen atoms in total. The molecular weight excluding hydrogens is 199 g/mol. The van der Waals surface area contributed by atoms with E-state index in [2.05, 4.69) is 13.8 Å². The minimum absolute atomic E-state index is 0.228. The summed E-state index contributed by atoms with van der Waals surface area (Å²) in [5.41, 5.74) is 1.12. The fourth-order valence-electron chi connectivity index (χ4n) is 1.66. The van der Waals surface area contributed by atoms with Crippen LogP contribution in [0.15, 0.2) is 18.2 Å². The summed E-state index contributed by atoms with van der Waals surface area (Å²) < 4.78 is 12.9. The van der Waals surface area contributed by atoms with Gasteiger partial charge in [-0.1, -0.05) is 44.4 Å². The molecule has 0 aliphatic carbocycles. The number of hydrogen-bond donors (Lipinski definition) is 0. The lowest BCUT2D eigenvalue weighted by Gasteiger charge is -2.10. The minimum atomic E-state index is -0.335. The molecule has 0 fully saturated rings. The van der Waals surface area contributed by atoms with Crippen molar-refractivity contribution in [3.05, 3.63) is 34.6 Å². The summed E-state index contributed by atoms with van der Waals surface area (Å²) in [6, 6.07) is 4.98. The molecule has 0 bridgehead atoms. The summed E-state index contributed by atoms with van der Waals surface area (Å²) >= 11 is 5.70. The van der Waals surface area contributed by atoms with Crippen LogP contribution in [0.4, 0.5) is 4.39 Å². The van der Waals surface area contributed by atoms with Gasteiger partial charge in [-0.25, -0.2) is 4.39 Å². The van der Waals surface area contributed by atoms with Crippen LogP contribution < -0.4 is 0 Å². The van der Waals surface area contributed by atoms with Gasteiger partial charge < -0.3 is 0 Å². The van der Waals surface area contributed by atoms with Crippen LogP contribution in [-0.4, -0.2) is 0 Å². The van der Waals surface area contributed by atoms with E-state index in [4.69, 9.17) is 11.6 Å². The molecule has 0 spiro atoms. The number of rotatable bonds is 4. The average Bonchev–Trinajstić information content (AvgIpc) is 2.12. The summed E-state index contributed by atoms with van der Waals surface area (Å²) in [4.78, 5) is 0. The van der Waals surface area contributed by atoms with Crippen molar-refractivity contribution in [3.63, 3.8) is 0 Å². The highest BCUT2D eigenvalue weighted by molar-refractivity contribution is 6.30. The summed E-state index contributed by atoms with van der Waals surface area (Å²) in [5, 5.41) is 0.228. The third-order valence-electron chi connectivity index (χ3n) is 2.35. The molecule has 0 saturated heterocycles. The molecule has 0 aromatic heterocycles. The fourth-order valence-corrected chi connectivity index (χ4v) is 1.87. The molecular formula is C12H16ClF. The highest BCUT2D eigenvalue weighted by Gasteiger charge is 2.05. The van der Waals surface area contributed by atoms with E-state index in [1.165, 1.54) is 18.9 Å². The third kappa shape index (κ3) is 3.30. The maximum atomic E-state index is 12.9. The van der Waals surface area contributed by atoms with Crippen molar-refractivity contribution in [3.8, 4) is 0 Å². The lowest BCUT2D eigenvalue weighted by molar-refractivity contribution is 0.522. The normalized spacial score (nSPS) is 12.9. The molecule has 0 aliphatic rings. The molecule has 0 aliphatic heterocycles. The average molecular weight is 215 g/mol. The largest absolute Gasteiger partial charge is 0.205 e. The Hall–Kier alpha value is -0.560. The molecule has 0 heterocycles. The second kappa shape index (κ2) is 5.35. The molecule has 0 saturated carbocycles. The van der Waals surface area contributed by atoms with E-state index in [0.717, 1.165) is 12.0 Å². The summed E-state index contributed by atoms with van der Waals surface area (Å²) in [6.45, 7) is 4.38. The van der Waals surface area contributed by atoms with Gasteiger partial charge in [-0.3, -0.25) is 0 Å². The first kappa shape index (κ1) is 11.5. The van der Waals surface area contributed by atoms with Crippen LogP contribution in [0, 0.1) is 11.7 Å². The fraction of sp³-hybridized carbons (Fsp3) is 0.500. The van der Waals surface area contributed by atoms with Crippen LogP contribution in [0.25, 0.3) is 0 Å². The molecule has 0 radical (unpaired) electrons. The standard InChI is InChI=1S/C12H16ClF/c1-3-4-9(2)7-10-5-6-12(14)11(13)8-10/h5-6,8-9H,3-4,7H2,1-2H3. The van der Waals surface area contributed by atoms with E-state index in [1.807, 2.05) is 6.07 Å². The van der Waals surface area contributed by atoms with Gasteiger partial charge in [0, 0.05) is 0 Å². The second-order valence-corrected chi connectivity index (χ2v) is 4.25. The Morgan fingerprint density at radius 3 is 2.71 bits per heavy atom. The van der Waals surface area contributed by atoms with E-state index in [1.54, 1.807) is 6.07 Å². The van der Waals surface area contributed by atoms with Crippen molar-refractivity contribution in [2.75, 3.05) is 0 Å². The highest BCUT2D eigenvalue weighted by Crippen LogP contribution is 2.19. The van der Waals surface area contributed by atoms with E-state index < -0.39 is 0 Å². The maximum Gasteiger partial charge on any atom is 0.141 e. The van der Waals surface area contributed by atoms with Gasteiger partial charge in [0.25, 0.3) is 0 Å². The van der Waals surface area contributed by atoms with Crippen LogP contribution in [0.3, 0.4) is 0 Å². The zero-order valence-electron chi connectivity index (χ0n) is 8.69. The van der Waals surface area contributed by atoms with E-state index in [0.29, 0.717) is 5.92 Å². The molecule has 1 aromatic rings. The molecule has 0 N–H and O–H groups in total.